The summed E-state index contributed by atoms with van der Waals surface area (Å²) in [5, 5.41) is 10.4. The summed E-state index contributed by atoms with van der Waals surface area (Å²) >= 11 is 0. The van der Waals surface area contributed by atoms with Gasteiger partial charge in [0.05, 0.1) is 24.3 Å². The molecule has 1 atom stereocenters. The number of rotatable bonds is 5. The fourth-order valence-corrected chi connectivity index (χ4v) is 6.45. The molecule has 1 saturated carbocycles. The molecule has 1 amide bonds. The second-order valence-corrected chi connectivity index (χ2v) is 11.5. The zero-order valence-corrected chi connectivity index (χ0v) is 23.9. The van der Waals surface area contributed by atoms with Crippen molar-refractivity contribution in [2.45, 2.75) is 51.1 Å². The van der Waals surface area contributed by atoms with Gasteiger partial charge in [-0.25, -0.2) is 14.4 Å². The molecule has 1 aromatic carbocycles. The lowest BCUT2D eigenvalue weighted by Crippen LogP contribution is -2.55. The van der Waals surface area contributed by atoms with Gasteiger partial charge in [0.15, 0.2) is 11.6 Å². The lowest BCUT2D eigenvalue weighted by Gasteiger charge is -2.45. The number of pyridine rings is 1. The van der Waals surface area contributed by atoms with Crippen LogP contribution in [0.1, 0.15) is 39.0 Å². The van der Waals surface area contributed by atoms with Crippen molar-refractivity contribution in [3.8, 4) is 0 Å². The maximum absolute atomic E-state index is 14.6. The molecule has 0 bridgehead atoms. The highest BCUT2D eigenvalue weighted by atomic mass is 19.1. The molecule has 3 aliphatic rings. The van der Waals surface area contributed by atoms with Crippen molar-refractivity contribution in [2.75, 3.05) is 53.2 Å². The molecule has 0 radical (unpaired) electrons. The molecule has 1 aliphatic carbocycles. The molecule has 3 aromatic heterocycles. The standard InChI is InChI=1S/C30H35FN10O/c1-19-29(42)41(23-8-9-26(32-17-23)39-12-10-38(2)11-13-39)25-18-33-30(36-28(25)40(19)22-6-4-3-5-7-22)35-21-14-20-16-34-37-27(20)24(31)15-21/h8-9,14-19,22H,3-7,10-13H2,1-2H3,(H,34,37)(H,33,35,36)/t19-/m1/s1. The quantitative estimate of drug-likeness (QED) is 0.356. The van der Waals surface area contributed by atoms with E-state index in [0.717, 1.165) is 57.7 Å². The van der Waals surface area contributed by atoms with Gasteiger partial charge >= 0.3 is 0 Å². The van der Waals surface area contributed by atoms with E-state index in [1.54, 1.807) is 29.6 Å². The van der Waals surface area contributed by atoms with Gasteiger partial charge in [0.25, 0.3) is 5.91 Å². The summed E-state index contributed by atoms with van der Waals surface area (Å²) in [7, 11) is 2.13. The number of halogens is 1. The summed E-state index contributed by atoms with van der Waals surface area (Å²) in [4.78, 5) is 36.7. The number of carbonyl (C=O) groups is 1. The summed E-state index contributed by atoms with van der Waals surface area (Å²) in [6, 6.07) is 6.94. The number of anilines is 6. The lowest BCUT2D eigenvalue weighted by molar-refractivity contribution is -0.119. The van der Waals surface area contributed by atoms with E-state index in [4.69, 9.17) is 9.97 Å². The molecule has 4 aromatic rings. The number of fused-ring (bicyclic) bond motifs is 2. The lowest BCUT2D eigenvalue weighted by atomic mass is 9.92. The van der Waals surface area contributed by atoms with E-state index in [1.165, 1.54) is 12.5 Å². The number of hydrogen-bond donors (Lipinski definition) is 2. The molecule has 42 heavy (non-hydrogen) atoms. The van der Waals surface area contributed by atoms with E-state index >= 15 is 0 Å². The first-order chi connectivity index (χ1) is 20.5. The first-order valence-electron chi connectivity index (χ1n) is 14.7. The van der Waals surface area contributed by atoms with E-state index in [-0.39, 0.29) is 11.9 Å². The second kappa shape index (κ2) is 10.8. The topological polar surface area (TPSA) is 109 Å². The normalized spacial score (nSPS) is 20.3. The van der Waals surface area contributed by atoms with Gasteiger partial charge in [-0.15, -0.1) is 0 Å². The Hall–Kier alpha value is -4.32. The summed E-state index contributed by atoms with van der Waals surface area (Å²) in [6.07, 6.45) is 10.5. The van der Waals surface area contributed by atoms with Gasteiger partial charge < -0.3 is 20.0 Å². The Morgan fingerprint density at radius 2 is 1.81 bits per heavy atom. The van der Waals surface area contributed by atoms with Crippen molar-refractivity contribution in [2.24, 2.45) is 0 Å². The Kier molecular flexibility index (Phi) is 6.85. The van der Waals surface area contributed by atoms with Crippen LogP contribution < -0.4 is 20.0 Å². The third kappa shape index (κ3) is 4.79. The number of nitrogens with one attached hydrogen (secondary N) is 2. The van der Waals surface area contributed by atoms with Crippen molar-refractivity contribution in [1.29, 1.82) is 0 Å². The Balaban J connectivity index is 1.24. The molecule has 5 heterocycles. The van der Waals surface area contributed by atoms with Crippen LogP contribution in [0.15, 0.2) is 42.9 Å². The number of aromatic amines is 1. The van der Waals surface area contributed by atoms with Crippen LogP contribution >= 0.6 is 0 Å². The number of amides is 1. The van der Waals surface area contributed by atoms with Crippen molar-refractivity contribution in [3.05, 3.63) is 48.7 Å². The summed E-state index contributed by atoms with van der Waals surface area (Å²) in [6.45, 7) is 5.78. The van der Waals surface area contributed by atoms with E-state index in [1.807, 2.05) is 19.1 Å². The number of benzene rings is 1. The highest BCUT2D eigenvalue weighted by Gasteiger charge is 2.41. The van der Waals surface area contributed by atoms with Crippen LogP contribution in [0.2, 0.25) is 0 Å². The fourth-order valence-electron chi connectivity index (χ4n) is 6.45. The Morgan fingerprint density at radius 3 is 2.57 bits per heavy atom. The van der Waals surface area contributed by atoms with Gasteiger partial charge in [0, 0.05) is 43.3 Å². The number of nitrogens with zero attached hydrogens (tertiary/aromatic N) is 8. The summed E-state index contributed by atoms with van der Waals surface area (Å²) in [5.41, 5.74) is 2.18. The molecule has 12 heteroatoms. The van der Waals surface area contributed by atoms with Crippen molar-refractivity contribution >= 4 is 51.5 Å². The maximum atomic E-state index is 14.6. The van der Waals surface area contributed by atoms with Crippen LogP contribution in [-0.4, -0.2) is 81.3 Å². The van der Waals surface area contributed by atoms with Crippen LogP contribution in [0, 0.1) is 5.82 Å². The first kappa shape index (κ1) is 26.6. The van der Waals surface area contributed by atoms with Gasteiger partial charge in [-0.2, -0.15) is 10.1 Å². The SMILES string of the molecule is C[C@@H]1C(=O)N(c2ccc(N3CCN(C)CC3)nc2)c2cnc(Nc3cc(F)c4[nH]ncc4c3)nc2N1C1CCCCC1. The average Bonchev–Trinajstić information content (AvgIpc) is 3.49. The monoisotopic (exact) mass is 570 g/mol. The van der Waals surface area contributed by atoms with Gasteiger partial charge in [0.2, 0.25) is 5.95 Å². The zero-order chi connectivity index (χ0) is 28.8. The summed E-state index contributed by atoms with van der Waals surface area (Å²) in [5.74, 6) is 1.50. The van der Waals surface area contributed by atoms with Gasteiger partial charge in [-0.05, 0) is 51.1 Å². The molecule has 2 aliphatic heterocycles. The molecule has 218 valence electrons. The highest BCUT2D eigenvalue weighted by molar-refractivity contribution is 6.09. The minimum Gasteiger partial charge on any atom is -0.354 e. The third-order valence-corrected chi connectivity index (χ3v) is 8.77. The highest BCUT2D eigenvalue weighted by Crippen LogP contribution is 2.42. The number of carbonyl (C=O) groups excluding carboxylic acids is 1. The Bertz CT molecular complexity index is 1590. The number of hydrogen-bond acceptors (Lipinski definition) is 9. The predicted molar refractivity (Wildman–Crippen MR) is 161 cm³/mol. The predicted octanol–water partition coefficient (Wildman–Crippen LogP) is 4.59. The number of H-pyrrole nitrogens is 1. The van der Waals surface area contributed by atoms with Crippen LogP contribution in [-0.2, 0) is 4.79 Å². The smallest absolute Gasteiger partial charge is 0.254 e. The number of aromatic nitrogens is 5. The molecular weight excluding hydrogens is 535 g/mol. The molecule has 2 N–H and O–H groups in total. The van der Waals surface area contributed by atoms with Crippen LogP contribution in [0.4, 0.5) is 39.0 Å². The largest absolute Gasteiger partial charge is 0.354 e. The molecular formula is C30H35FN10O. The van der Waals surface area contributed by atoms with E-state index in [9.17, 15) is 9.18 Å². The number of piperazine rings is 1. The van der Waals surface area contributed by atoms with Crippen molar-refractivity contribution < 1.29 is 9.18 Å². The molecule has 0 unspecified atom stereocenters. The average molecular weight is 571 g/mol. The second-order valence-electron chi connectivity index (χ2n) is 11.5. The summed E-state index contributed by atoms with van der Waals surface area (Å²) < 4.78 is 14.6. The van der Waals surface area contributed by atoms with Crippen molar-refractivity contribution in [1.82, 2.24) is 30.0 Å². The van der Waals surface area contributed by atoms with Crippen molar-refractivity contribution in [3.63, 3.8) is 0 Å². The maximum Gasteiger partial charge on any atom is 0.254 e. The fraction of sp³-hybridized carbons (Fsp3) is 0.433. The molecule has 11 nitrogen and oxygen atoms in total. The molecule has 2 fully saturated rings. The number of likely N-dealkylation sites (N-methyl/N-ethyl adjacent to an activating group) is 1. The Labute approximate surface area is 243 Å². The van der Waals surface area contributed by atoms with Gasteiger partial charge in [-0.1, -0.05) is 19.3 Å². The minimum absolute atomic E-state index is 0.0287. The van der Waals surface area contributed by atoms with Gasteiger partial charge in [0.1, 0.15) is 23.1 Å². The van der Waals surface area contributed by atoms with Crippen LogP contribution in [0.25, 0.3) is 10.9 Å². The van der Waals surface area contributed by atoms with Gasteiger partial charge in [-0.3, -0.25) is 14.8 Å². The van der Waals surface area contributed by atoms with Crippen LogP contribution in [0.5, 0.6) is 0 Å². The van der Waals surface area contributed by atoms with E-state index in [0.29, 0.717) is 39.7 Å². The zero-order valence-electron chi connectivity index (χ0n) is 23.9. The first-order valence-corrected chi connectivity index (χ1v) is 14.7. The molecule has 0 spiro atoms. The molecule has 1 saturated heterocycles. The van der Waals surface area contributed by atoms with E-state index < -0.39 is 11.9 Å². The van der Waals surface area contributed by atoms with Crippen LogP contribution in [0.3, 0.4) is 0 Å². The van der Waals surface area contributed by atoms with E-state index in [2.05, 4.69) is 42.2 Å². The minimum atomic E-state index is -0.416. The Morgan fingerprint density at radius 1 is 1.00 bits per heavy atom. The molecule has 7 rings (SSSR count). The third-order valence-electron chi connectivity index (χ3n) is 8.77.